The van der Waals surface area contributed by atoms with E-state index in [-0.39, 0.29) is 17.7 Å². The van der Waals surface area contributed by atoms with Gasteiger partial charge < -0.3 is 21.5 Å². The lowest BCUT2D eigenvalue weighted by molar-refractivity contribution is 0.1000. The fourth-order valence-electron chi connectivity index (χ4n) is 3.32. The molecule has 5 N–H and O–H groups in total. The lowest BCUT2D eigenvalue weighted by Crippen LogP contribution is -2.42. The molecule has 0 spiro atoms. The molecule has 7 heteroatoms. The smallest absolute Gasteiger partial charge is 0.254 e. The Morgan fingerprint density at radius 3 is 2.78 bits per heavy atom. The molecule has 0 aliphatic heterocycles. The standard InChI is InChI=1S/C16H25N5O2/c1-16(6-3-7-16)21-14-12(13(17)23)9-18-15(20-14)19-10-4-2-5-11(22)8-10/h9-11,22H,2-8H2,1H3,(H2,17,23)(H2,18,19,20,21)/t10-,11+/m1/s1. The second-order valence-electron chi connectivity index (χ2n) is 7.02. The van der Waals surface area contributed by atoms with E-state index in [1.165, 1.54) is 12.6 Å². The zero-order valence-electron chi connectivity index (χ0n) is 13.5. The van der Waals surface area contributed by atoms with Gasteiger partial charge in [-0.1, -0.05) is 0 Å². The zero-order valence-corrected chi connectivity index (χ0v) is 13.5. The van der Waals surface area contributed by atoms with Crippen LogP contribution < -0.4 is 16.4 Å². The summed E-state index contributed by atoms with van der Waals surface area (Å²) >= 11 is 0. The minimum absolute atomic E-state index is 0.0309. The quantitative estimate of drug-likeness (QED) is 0.656. The molecule has 2 aliphatic rings. The summed E-state index contributed by atoms with van der Waals surface area (Å²) in [6.07, 6.45) is 8.00. The molecular formula is C16H25N5O2. The van der Waals surface area contributed by atoms with Gasteiger partial charge in [-0.3, -0.25) is 4.79 Å². The van der Waals surface area contributed by atoms with Gasteiger partial charge in [0.2, 0.25) is 5.95 Å². The minimum atomic E-state index is -0.532. The summed E-state index contributed by atoms with van der Waals surface area (Å²) in [6, 6.07) is 0.158. The molecule has 2 fully saturated rings. The lowest BCUT2D eigenvalue weighted by atomic mass is 9.78. The van der Waals surface area contributed by atoms with Crippen molar-refractivity contribution in [1.82, 2.24) is 9.97 Å². The van der Waals surface area contributed by atoms with Gasteiger partial charge in [0.05, 0.1) is 11.7 Å². The van der Waals surface area contributed by atoms with Gasteiger partial charge in [-0.05, 0) is 51.9 Å². The van der Waals surface area contributed by atoms with E-state index >= 15 is 0 Å². The Morgan fingerprint density at radius 2 is 2.17 bits per heavy atom. The highest BCUT2D eigenvalue weighted by Crippen LogP contribution is 2.35. The number of primary amides is 1. The molecule has 1 heterocycles. The van der Waals surface area contributed by atoms with Gasteiger partial charge in [0.25, 0.3) is 5.91 Å². The van der Waals surface area contributed by atoms with Crippen LogP contribution >= 0.6 is 0 Å². The molecule has 23 heavy (non-hydrogen) atoms. The number of nitrogens with one attached hydrogen (secondary N) is 2. The van der Waals surface area contributed by atoms with Crippen molar-refractivity contribution >= 4 is 17.7 Å². The molecule has 0 bridgehead atoms. The molecule has 1 aromatic rings. The van der Waals surface area contributed by atoms with Gasteiger partial charge in [0, 0.05) is 17.8 Å². The van der Waals surface area contributed by atoms with Crippen molar-refractivity contribution in [3.05, 3.63) is 11.8 Å². The van der Waals surface area contributed by atoms with Crippen LogP contribution in [0.15, 0.2) is 6.20 Å². The number of aromatic nitrogens is 2. The zero-order chi connectivity index (χ0) is 16.4. The fraction of sp³-hybridized carbons (Fsp3) is 0.688. The van der Waals surface area contributed by atoms with Crippen LogP contribution in [0.5, 0.6) is 0 Å². The minimum Gasteiger partial charge on any atom is -0.393 e. The Labute approximate surface area is 136 Å². The summed E-state index contributed by atoms with van der Waals surface area (Å²) in [7, 11) is 0. The summed E-state index contributed by atoms with van der Waals surface area (Å²) in [4.78, 5) is 20.3. The average molecular weight is 319 g/mol. The number of nitrogens with two attached hydrogens (primary N) is 1. The van der Waals surface area contributed by atoms with Crippen LogP contribution in [0.25, 0.3) is 0 Å². The lowest BCUT2D eigenvalue weighted by Gasteiger charge is -2.40. The summed E-state index contributed by atoms with van der Waals surface area (Å²) in [6.45, 7) is 2.12. The van der Waals surface area contributed by atoms with Gasteiger partial charge in [-0.15, -0.1) is 0 Å². The van der Waals surface area contributed by atoms with Gasteiger partial charge >= 0.3 is 0 Å². The molecule has 2 atom stereocenters. The number of hydrogen-bond acceptors (Lipinski definition) is 6. The Balaban J connectivity index is 1.77. The molecular weight excluding hydrogens is 294 g/mol. The molecule has 3 rings (SSSR count). The van der Waals surface area contributed by atoms with Crippen molar-refractivity contribution in [3.8, 4) is 0 Å². The first-order valence-electron chi connectivity index (χ1n) is 8.35. The van der Waals surface area contributed by atoms with Gasteiger partial charge in [0.1, 0.15) is 5.82 Å². The summed E-state index contributed by atoms with van der Waals surface area (Å²) in [5, 5.41) is 16.4. The number of carbonyl (C=O) groups is 1. The van der Waals surface area contributed by atoms with E-state index in [1.807, 2.05) is 0 Å². The average Bonchev–Trinajstić information content (AvgIpc) is 2.45. The fourth-order valence-corrected chi connectivity index (χ4v) is 3.32. The second-order valence-corrected chi connectivity index (χ2v) is 7.02. The van der Waals surface area contributed by atoms with Crippen LogP contribution in [0.4, 0.5) is 11.8 Å². The van der Waals surface area contributed by atoms with Crippen LogP contribution in [0.3, 0.4) is 0 Å². The number of anilines is 2. The van der Waals surface area contributed by atoms with Crippen LogP contribution in [0, 0.1) is 0 Å². The van der Waals surface area contributed by atoms with E-state index in [0.29, 0.717) is 23.8 Å². The molecule has 0 saturated heterocycles. The predicted octanol–water partition coefficient (Wildman–Crippen LogP) is 1.65. The van der Waals surface area contributed by atoms with Crippen molar-refractivity contribution in [2.24, 2.45) is 5.73 Å². The number of aliphatic hydroxyl groups is 1. The SMILES string of the molecule is CC1(Nc2nc(N[C@@H]3CCC[C@H](O)C3)ncc2C(N)=O)CCC1. The number of aliphatic hydroxyl groups excluding tert-OH is 1. The van der Waals surface area contributed by atoms with E-state index < -0.39 is 5.91 Å². The van der Waals surface area contributed by atoms with Crippen molar-refractivity contribution in [2.75, 3.05) is 10.6 Å². The molecule has 1 aromatic heterocycles. The molecule has 0 unspecified atom stereocenters. The molecule has 7 nitrogen and oxygen atoms in total. The molecule has 2 saturated carbocycles. The van der Waals surface area contributed by atoms with Crippen molar-refractivity contribution in [1.29, 1.82) is 0 Å². The Bertz CT molecular complexity index is 588. The Morgan fingerprint density at radius 1 is 1.39 bits per heavy atom. The third-order valence-electron chi connectivity index (χ3n) is 4.91. The van der Waals surface area contributed by atoms with Crippen molar-refractivity contribution in [2.45, 2.75) is 69.6 Å². The topological polar surface area (TPSA) is 113 Å². The van der Waals surface area contributed by atoms with E-state index in [1.54, 1.807) is 0 Å². The number of nitrogens with zero attached hydrogens (tertiary/aromatic N) is 2. The molecule has 1 amide bonds. The number of rotatable bonds is 5. The van der Waals surface area contributed by atoms with Crippen LogP contribution in [0.1, 0.15) is 62.2 Å². The first-order chi connectivity index (χ1) is 11.0. The van der Waals surface area contributed by atoms with E-state index in [0.717, 1.165) is 32.1 Å². The van der Waals surface area contributed by atoms with Crippen molar-refractivity contribution in [3.63, 3.8) is 0 Å². The van der Waals surface area contributed by atoms with Crippen molar-refractivity contribution < 1.29 is 9.90 Å². The molecule has 0 aromatic carbocycles. The highest BCUT2D eigenvalue weighted by atomic mass is 16.3. The van der Waals surface area contributed by atoms with E-state index in [9.17, 15) is 9.90 Å². The normalized spacial score (nSPS) is 26.2. The van der Waals surface area contributed by atoms with Gasteiger partial charge in [-0.25, -0.2) is 4.98 Å². The maximum atomic E-state index is 11.6. The maximum Gasteiger partial charge on any atom is 0.254 e. The molecule has 126 valence electrons. The highest BCUT2D eigenvalue weighted by Gasteiger charge is 2.33. The number of carbonyl (C=O) groups excluding carboxylic acids is 1. The highest BCUT2D eigenvalue weighted by molar-refractivity contribution is 5.97. The second kappa shape index (κ2) is 6.31. The van der Waals surface area contributed by atoms with E-state index in [4.69, 9.17) is 5.73 Å². The monoisotopic (exact) mass is 319 g/mol. The number of amides is 1. The third-order valence-corrected chi connectivity index (χ3v) is 4.91. The summed E-state index contributed by atoms with van der Waals surface area (Å²) in [5.41, 5.74) is 5.71. The summed E-state index contributed by atoms with van der Waals surface area (Å²) < 4.78 is 0. The first-order valence-corrected chi connectivity index (χ1v) is 8.35. The van der Waals surface area contributed by atoms with Gasteiger partial charge in [-0.2, -0.15) is 4.98 Å². The predicted molar refractivity (Wildman–Crippen MR) is 88.3 cm³/mol. The van der Waals surface area contributed by atoms with E-state index in [2.05, 4.69) is 27.5 Å². The van der Waals surface area contributed by atoms with Crippen LogP contribution in [-0.4, -0.2) is 38.7 Å². The van der Waals surface area contributed by atoms with Crippen LogP contribution in [0.2, 0.25) is 0 Å². The summed E-state index contributed by atoms with van der Waals surface area (Å²) in [5.74, 6) is 0.433. The Hall–Kier alpha value is -1.89. The maximum absolute atomic E-state index is 11.6. The first kappa shape index (κ1) is 16.0. The largest absolute Gasteiger partial charge is 0.393 e. The molecule has 2 aliphatic carbocycles. The Kier molecular flexibility index (Phi) is 4.39. The van der Waals surface area contributed by atoms with Crippen LogP contribution in [-0.2, 0) is 0 Å². The third kappa shape index (κ3) is 3.72. The number of hydrogen-bond donors (Lipinski definition) is 4. The molecule has 0 radical (unpaired) electrons. The van der Waals surface area contributed by atoms with Gasteiger partial charge in [0.15, 0.2) is 0 Å².